The quantitative estimate of drug-likeness (QED) is 0.889. The maximum atomic E-state index is 11.7. The van der Waals surface area contributed by atoms with Gasteiger partial charge in [0.1, 0.15) is 0 Å². The molecule has 0 aliphatic carbocycles. The van der Waals surface area contributed by atoms with Crippen molar-refractivity contribution >= 4 is 27.5 Å². The second-order valence-corrected chi connectivity index (χ2v) is 6.55. The minimum absolute atomic E-state index is 0.350. The van der Waals surface area contributed by atoms with E-state index in [1.807, 2.05) is 18.2 Å². The Labute approximate surface area is 127 Å². The van der Waals surface area contributed by atoms with Crippen LogP contribution in [-0.2, 0) is 0 Å². The third-order valence-electron chi connectivity index (χ3n) is 4.40. The fourth-order valence-electron chi connectivity index (χ4n) is 3.50. The lowest BCUT2D eigenvalue weighted by Crippen LogP contribution is -2.44. The first-order chi connectivity index (χ1) is 9.66. The van der Waals surface area contributed by atoms with Gasteiger partial charge in [-0.15, -0.1) is 0 Å². The van der Waals surface area contributed by atoms with E-state index >= 15 is 0 Å². The number of nitrogens with two attached hydrogens (primary N) is 1. The van der Waals surface area contributed by atoms with Crippen LogP contribution in [0.4, 0.5) is 5.69 Å². The number of halogens is 1. The van der Waals surface area contributed by atoms with E-state index in [0.717, 1.165) is 23.2 Å². The van der Waals surface area contributed by atoms with Gasteiger partial charge in [0, 0.05) is 23.1 Å². The Hall–Kier alpha value is -1.07. The largest absolute Gasteiger partial charge is 0.366 e. The molecule has 3 rings (SSSR count). The monoisotopic (exact) mass is 337 g/mol. The van der Waals surface area contributed by atoms with Crippen molar-refractivity contribution in [2.24, 2.45) is 5.73 Å². The summed E-state index contributed by atoms with van der Waals surface area (Å²) in [5, 5.41) is 3.59. The molecule has 0 bridgehead atoms. The number of amides is 1. The van der Waals surface area contributed by atoms with Crippen molar-refractivity contribution in [3.05, 3.63) is 28.2 Å². The molecular formula is C15H20BrN3O. The molecule has 5 heteroatoms. The van der Waals surface area contributed by atoms with E-state index < -0.39 is 0 Å². The number of hydrogen-bond donors (Lipinski definition) is 2. The molecular weight excluding hydrogens is 318 g/mol. The highest BCUT2D eigenvalue weighted by Gasteiger charge is 2.34. The molecule has 2 unspecified atom stereocenters. The number of benzene rings is 1. The van der Waals surface area contributed by atoms with Gasteiger partial charge in [0.05, 0.1) is 11.3 Å². The third kappa shape index (κ3) is 2.56. The number of anilines is 1. The lowest BCUT2D eigenvalue weighted by atomic mass is 10.0. The van der Waals surface area contributed by atoms with E-state index in [2.05, 4.69) is 26.1 Å². The van der Waals surface area contributed by atoms with E-state index in [1.54, 1.807) is 0 Å². The van der Waals surface area contributed by atoms with Gasteiger partial charge in [0.15, 0.2) is 0 Å². The van der Waals surface area contributed by atoms with Gasteiger partial charge in [0.25, 0.3) is 5.91 Å². The number of primary amides is 1. The molecule has 1 aromatic carbocycles. The van der Waals surface area contributed by atoms with E-state index in [1.165, 1.54) is 25.7 Å². The summed E-state index contributed by atoms with van der Waals surface area (Å²) in [5.74, 6) is -0.350. The van der Waals surface area contributed by atoms with Gasteiger partial charge >= 0.3 is 0 Å². The Morgan fingerprint density at radius 2 is 2.20 bits per heavy atom. The molecule has 0 saturated carbocycles. The second-order valence-electron chi connectivity index (χ2n) is 5.63. The van der Waals surface area contributed by atoms with Crippen molar-refractivity contribution in [3.8, 4) is 0 Å². The lowest BCUT2D eigenvalue weighted by Gasteiger charge is -2.32. The van der Waals surface area contributed by atoms with Gasteiger partial charge in [-0.05, 0) is 50.4 Å². The molecule has 1 amide bonds. The molecule has 2 aliphatic heterocycles. The summed E-state index contributed by atoms with van der Waals surface area (Å²) < 4.78 is 0.988. The van der Waals surface area contributed by atoms with Crippen LogP contribution in [0, 0.1) is 0 Å². The predicted octanol–water partition coefficient (Wildman–Crippen LogP) is 2.27. The van der Waals surface area contributed by atoms with Gasteiger partial charge in [-0.2, -0.15) is 0 Å². The Kier molecular flexibility index (Phi) is 3.98. The molecule has 1 aromatic rings. The number of nitrogens with one attached hydrogen (secondary N) is 1. The van der Waals surface area contributed by atoms with Crippen LogP contribution in [0.1, 0.15) is 36.0 Å². The number of rotatable bonds is 3. The average Bonchev–Trinajstić information content (AvgIpc) is 3.09. The van der Waals surface area contributed by atoms with E-state index in [0.29, 0.717) is 17.6 Å². The number of nitrogens with zero attached hydrogens (tertiary/aromatic N) is 1. The summed E-state index contributed by atoms with van der Waals surface area (Å²) in [6, 6.07) is 6.73. The van der Waals surface area contributed by atoms with E-state index in [-0.39, 0.29) is 5.91 Å². The highest BCUT2D eigenvalue weighted by molar-refractivity contribution is 9.10. The maximum absolute atomic E-state index is 11.7. The van der Waals surface area contributed by atoms with Crippen molar-refractivity contribution in [1.82, 2.24) is 5.32 Å². The van der Waals surface area contributed by atoms with Crippen LogP contribution in [0.2, 0.25) is 0 Å². The van der Waals surface area contributed by atoms with Crippen molar-refractivity contribution in [1.29, 1.82) is 0 Å². The third-order valence-corrected chi connectivity index (χ3v) is 4.89. The molecule has 2 heterocycles. The summed E-state index contributed by atoms with van der Waals surface area (Å²) in [6.07, 6.45) is 4.83. The summed E-state index contributed by atoms with van der Waals surface area (Å²) in [7, 11) is 0. The maximum Gasteiger partial charge on any atom is 0.250 e. The highest BCUT2D eigenvalue weighted by Crippen LogP contribution is 2.33. The summed E-state index contributed by atoms with van der Waals surface area (Å²) in [6.45, 7) is 2.11. The first-order valence-electron chi connectivity index (χ1n) is 7.26. The van der Waals surface area contributed by atoms with Gasteiger partial charge in [-0.3, -0.25) is 4.79 Å². The van der Waals surface area contributed by atoms with Crippen LogP contribution in [0.15, 0.2) is 22.7 Å². The average molecular weight is 338 g/mol. The summed E-state index contributed by atoms with van der Waals surface area (Å²) in [5.41, 5.74) is 7.13. The number of hydrogen-bond acceptors (Lipinski definition) is 3. The smallest absolute Gasteiger partial charge is 0.250 e. The van der Waals surface area contributed by atoms with Crippen LogP contribution in [-0.4, -0.2) is 31.1 Å². The van der Waals surface area contributed by atoms with Crippen LogP contribution in [0.3, 0.4) is 0 Å². The Morgan fingerprint density at radius 1 is 1.35 bits per heavy atom. The standard InChI is InChI=1S/C15H20BrN3O/c16-10-5-6-11(15(17)20)14(9-10)19-8-2-4-13(19)12-3-1-7-18-12/h5-6,9,12-13,18H,1-4,7-8H2,(H2,17,20). The second kappa shape index (κ2) is 5.74. The zero-order valence-corrected chi connectivity index (χ0v) is 13.0. The van der Waals surface area contributed by atoms with Crippen molar-refractivity contribution in [2.75, 3.05) is 18.0 Å². The first kappa shape index (κ1) is 13.9. The fraction of sp³-hybridized carbons (Fsp3) is 0.533. The highest BCUT2D eigenvalue weighted by atomic mass is 79.9. The molecule has 2 fully saturated rings. The Bertz CT molecular complexity index is 514. The lowest BCUT2D eigenvalue weighted by molar-refractivity contribution is 0.100. The molecule has 4 nitrogen and oxygen atoms in total. The molecule has 20 heavy (non-hydrogen) atoms. The zero-order valence-electron chi connectivity index (χ0n) is 11.4. The Morgan fingerprint density at radius 3 is 2.90 bits per heavy atom. The summed E-state index contributed by atoms with van der Waals surface area (Å²) in [4.78, 5) is 14.1. The normalized spacial score (nSPS) is 26.1. The molecule has 2 atom stereocenters. The van der Waals surface area contributed by atoms with Gasteiger partial charge in [-0.1, -0.05) is 15.9 Å². The predicted molar refractivity (Wildman–Crippen MR) is 84.1 cm³/mol. The Balaban J connectivity index is 1.94. The molecule has 2 aliphatic rings. The van der Waals surface area contributed by atoms with Gasteiger partial charge in [-0.25, -0.2) is 0 Å². The van der Waals surface area contributed by atoms with Crippen LogP contribution >= 0.6 is 15.9 Å². The molecule has 3 N–H and O–H groups in total. The van der Waals surface area contributed by atoms with Crippen molar-refractivity contribution in [3.63, 3.8) is 0 Å². The molecule has 0 aromatic heterocycles. The van der Waals surface area contributed by atoms with Crippen molar-refractivity contribution in [2.45, 2.75) is 37.8 Å². The summed E-state index contributed by atoms with van der Waals surface area (Å²) >= 11 is 3.50. The van der Waals surface area contributed by atoms with E-state index in [4.69, 9.17) is 5.73 Å². The van der Waals surface area contributed by atoms with E-state index in [9.17, 15) is 4.79 Å². The SMILES string of the molecule is NC(=O)c1ccc(Br)cc1N1CCCC1C1CCCN1. The fourth-order valence-corrected chi connectivity index (χ4v) is 3.85. The minimum Gasteiger partial charge on any atom is -0.366 e. The van der Waals surface area contributed by atoms with Crippen LogP contribution in [0.5, 0.6) is 0 Å². The molecule has 108 valence electrons. The van der Waals surface area contributed by atoms with Crippen LogP contribution in [0.25, 0.3) is 0 Å². The van der Waals surface area contributed by atoms with Gasteiger partial charge in [0.2, 0.25) is 0 Å². The topological polar surface area (TPSA) is 58.4 Å². The first-order valence-corrected chi connectivity index (χ1v) is 8.05. The van der Waals surface area contributed by atoms with Crippen molar-refractivity contribution < 1.29 is 4.79 Å². The van der Waals surface area contributed by atoms with Crippen LogP contribution < -0.4 is 16.0 Å². The van der Waals surface area contributed by atoms with Gasteiger partial charge < -0.3 is 16.0 Å². The molecule has 0 spiro atoms. The minimum atomic E-state index is -0.350. The zero-order chi connectivity index (χ0) is 14.1. The molecule has 0 radical (unpaired) electrons. The number of carbonyl (C=O) groups is 1. The number of carbonyl (C=O) groups excluding carboxylic acids is 1. The molecule has 2 saturated heterocycles.